The molecule has 1 N–H and O–H groups in total. The third-order valence-electron chi connectivity index (χ3n) is 2.92. The average Bonchev–Trinajstić information content (AvgIpc) is 2.39. The van der Waals surface area contributed by atoms with E-state index in [1.54, 1.807) is 6.08 Å². The van der Waals surface area contributed by atoms with Crippen molar-refractivity contribution in [2.45, 2.75) is 25.6 Å². The Balaban J connectivity index is 1.80. The van der Waals surface area contributed by atoms with Crippen LogP contribution in [0.5, 0.6) is 0 Å². The smallest absolute Gasteiger partial charge is 0.182 e. The summed E-state index contributed by atoms with van der Waals surface area (Å²) in [7, 11) is 0. The maximum absolute atomic E-state index is 13.6. The highest BCUT2D eigenvalue weighted by Gasteiger charge is 2.12. The first-order valence-electron chi connectivity index (χ1n) is 6.23. The van der Waals surface area contributed by atoms with Crippen molar-refractivity contribution >= 4 is 6.08 Å². The number of hydrazine groups is 1. The highest BCUT2D eigenvalue weighted by Crippen LogP contribution is 2.08. The Hall–Kier alpha value is -1.19. The average molecular weight is 234 g/mol. The molecule has 1 aliphatic rings. The molecule has 2 nitrogen and oxygen atoms in total. The van der Waals surface area contributed by atoms with Crippen LogP contribution in [0.1, 0.15) is 24.8 Å². The summed E-state index contributed by atoms with van der Waals surface area (Å²) >= 11 is 0. The van der Waals surface area contributed by atoms with Crippen LogP contribution in [0, 0.1) is 0 Å². The predicted molar refractivity (Wildman–Crippen MR) is 68.9 cm³/mol. The molecule has 1 aliphatic heterocycles. The Bertz CT molecular complexity index is 344. The summed E-state index contributed by atoms with van der Waals surface area (Å²) in [5.41, 5.74) is 3.89. The van der Waals surface area contributed by atoms with Gasteiger partial charge in [-0.1, -0.05) is 42.8 Å². The van der Waals surface area contributed by atoms with Crippen LogP contribution in [0.15, 0.2) is 36.4 Å². The van der Waals surface area contributed by atoms with E-state index in [1.165, 1.54) is 6.42 Å². The minimum absolute atomic E-state index is 0.944. The van der Waals surface area contributed by atoms with Crippen molar-refractivity contribution in [3.8, 4) is 0 Å². The van der Waals surface area contributed by atoms with Gasteiger partial charge in [-0.25, -0.2) is 14.8 Å². The second kappa shape index (κ2) is 6.52. The monoisotopic (exact) mass is 234 g/mol. The lowest BCUT2D eigenvalue weighted by molar-refractivity contribution is 0.0983. The van der Waals surface area contributed by atoms with E-state index in [0.29, 0.717) is 0 Å². The van der Waals surface area contributed by atoms with Gasteiger partial charge >= 0.3 is 0 Å². The molecule has 92 valence electrons. The van der Waals surface area contributed by atoms with E-state index in [4.69, 9.17) is 0 Å². The third-order valence-corrected chi connectivity index (χ3v) is 2.92. The fourth-order valence-electron chi connectivity index (χ4n) is 2.00. The van der Waals surface area contributed by atoms with Crippen LogP contribution in [0.2, 0.25) is 0 Å². The highest BCUT2D eigenvalue weighted by atomic mass is 19.1. The van der Waals surface area contributed by atoms with Crippen LogP contribution in [-0.2, 0) is 0 Å². The number of nitrogens with one attached hydrogen (secondary N) is 1. The Labute approximate surface area is 102 Å². The maximum atomic E-state index is 13.6. The van der Waals surface area contributed by atoms with Crippen molar-refractivity contribution < 1.29 is 4.39 Å². The van der Waals surface area contributed by atoms with Crippen LogP contribution >= 0.6 is 0 Å². The molecule has 1 atom stereocenters. The Morgan fingerprint density at radius 1 is 1.12 bits per heavy atom. The van der Waals surface area contributed by atoms with Crippen molar-refractivity contribution in [3.63, 3.8) is 0 Å². The Kier molecular flexibility index (Phi) is 4.71. The van der Waals surface area contributed by atoms with Gasteiger partial charge in [0, 0.05) is 13.1 Å². The molecule has 1 fully saturated rings. The fraction of sp³-hybridized carbons (Fsp3) is 0.429. The summed E-state index contributed by atoms with van der Waals surface area (Å²) in [4.78, 5) is 0. The molecule has 0 aromatic heterocycles. The molecular formula is C14H19FN2. The van der Waals surface area contributed by atoms with Crippen molar-refractivity contribution in [1.82, 2.24) is 10.4 Å². The van der Waals surface area contributed by atoms with Gasteiger partial charge in [-0.3, -0.25) is 0 Å². The first-order valence-corrected chi connectivity index (χ1v) is 6.23. The molecule has 1 heterocycles. The topological polar surface area (TPSA) is 15.3 Å². The van der Waals surface area contributed by atoms with Crippen molar-refractivity contribution in [2.24, 2.45) is 0 Å². The van der Waals surface area contributed by atoms with Crippen LogP contribution < -0.4 is 5.43 Å². The zero-order valence-corrected chi connectivity index (χ0v) is 9.98. The first-order chi connectivity index (χ1) is 8.34. The van der Waals surface area contributed by atoms with E-state index in [-0.39, 0.29) is 0 Å². The van der Waals surface area contributed by atoms with Crippen LogP contribution in [0.25, 0.3) is 6.08 Å². The van der Waals surface area contributed by atoms with Gasteiger partial charge < -0.3 is 0 Å². The minimum Gasteiger partial charge on any atom is -0.242 e. The van der Waals surface area contributed by atoms with Crippen LogP contribution in [0.4, 0.5) is 4.39 Å². The van der Waals surface area contributed by atoms with Gasteiger partial charge in [0.05, 0.1) is 0 Å². The molecule has 1 saturated heterocycles. The van der Waals surface area contributed by atoms with E-state index in [9.17, 15) is 4.39 Å². The summed E-state index contributed by atoms with van der Waals surface area (Å²) in [6.45, 7) is 1.89. The third kappa shape index (κ3) is 4.29. The van der Waals surface area contributed by atoms with Gasteiger partial charge in [-0.2, -0.15) is 0 Å². The molecular weight excluding hydrogens is 215 g/mol. The summed E-state index contributed by atoms with van der Waals surface area (Å²) < 4.78 is 13.6. The van der Waals surface area contributed by atoms with Crippen molar-refractivity contribution in [2.75, 3.05) is 13.1 Å². The molecule has 0 amide bonds. The normalized spacial score (nSPS) is 19.6. The molecule has 0 spiro atoms. The lowest BCUT2D eigenvalue weighted by atomic mass is 10.2. The van der Waals surface area contributed by atoms with Crippen molar-refractivity contribution in [1.29, 1.82) is 0 Å². The molecule has 2 rings (SSSR count). The van der Waals surface area contributed by atoms with E-state index >= 15 is 0 Å². The highest BCUT2D eigenvalue weighted by molar-refractivity contribution is 5.49. The molecule has 17 heavy (non-hydrogen) atoms. The first kappa shape index (κ1) is 12.3. The van der Waals surface area contributed by atoms with E-state index in [2.05, 4.69) is 5.43 Å². The Morgan fingerprint density at radius 2 is 1.82 bits per heavy atom. The van der Waals surface area contributed by atoms with E-state index in [1.807, 2.05) is 41.4 Å². The zero-order valence-electron chi connectivity index (χ0n) is 9.98. The van der Waals surface area contributed by atoms with Crippen molar-refractivity contribution in [3.05, 3.63) is 42.0 Å². The molecule has 1 unspecified atom stereocenters. The molecule has 1 aromatic carbocycles. The Morgan fingerprint density at radius 3 is 2.53 bits per heavy atom. The van der Waals surface area contributed by atoms with Gasteiger partial charge in [0.25, 0.3) is 0 Å². The second-order valence-electron chi connectivity index (χ2n) is 4.35. The van der Waals surface area contributed by atoms with Gasteiger partial charge in [0.15, 0.2) is 6.30 Å². The number of hydrogen-bond donors (Lipinski definition) is 1. The molecule has 0 aliphatic carbocycles. The summed E-state index contributed by atoms with van der Waals surface area (Å²) in [5.74, 6) is 0. The number of alkyl halides is 1. The number of nitrogens with zero attached hydrogens (tertiary/aromatic N) is 1. The SMILES string of the molecule is FC(C=Cc1ccccc1)NN1CCCCC1. The summed E-state index contributed by atoms with van der Waals surface area (Å²) in [6, 6.07) is 9.78. The van der Waals surface area contributed by atoms with Crippen LogP contribution in [-0.4, -0.2) is 24.4 Å². The summed E-state index contributed by atoms with van der Waals surface area (Å²) in [5, 5.41) is 1.98. The van der Waals surface area contributed by atoms with Gasteiger partial charge in [0.1, 0.15) is 0 Å². The maximum Gasteiger partial charge on any atom is 0.182 e. The lowest BCUT2D eigenvalue weighted by Gasteiger charge is -2.27. The largest absolute Gasteiger partial charge is 0.242 e. The predicted octanol–water partition coefficient (Wildman–Crippen LogP) is 2.99. The summed E-state index contributed by atoms with van der Waals surface area (Å²) in [6.07, 6.45) is 5.83. The fourth-order valence-corrected chi connectivity index (χ4v) is 2.00. The molecule has 3 heteroatoms. The van der Waals surface area contributed by atoms with Gasteiger partial charge in [-0.15, -0.1) is 0 Å². The van der Waals surface area contributed by atoms with Gasteiger partial charge in [-0.05, 0) is 24.5 Å². The number of hydrogen-bond acceptors (Lipinski definition) is 2. The quantitative estimate of drug-likeness (QED) is 0.806. The second-order valence-corrected chi connectivity index (χ2v) is 4.35. The molecule has 0 bridgehead atoms. The minimum atomic E-state index is -1.10. The van der Waals surface area contributed by atoms with Gasteiger partial charge in [0.2, 0.25) is 0 Å². The number of benzene rings is 1. The van der Waals surface area contributed by atoms with Crippen LogP contribution in [0.3, 0.4) is 0 Å². The number of halogens is 1. The lowest BCUT2D eigenvalue weighted by Crippen LogP contribution is -2.45. The number of rotatable bonds is 4. The van der Waals surface area contributed by atoms with E-state index < -0.39 is 6.30 Å². The molecule has 0 radical (unpaired) electrons. The molecule has 1 aromatic rings. The zero-order chi connectivity index (χ0) is 11.9. The number of piperidine rings is 1. The standard InChI is InChI=1S/C14H19FN2/c15-14(16-17-11-5-2-6-12-17)10-9-13-7-3-1-4-8-13/h1,3-4,7-10,14,16H,2,5-6,11-12H2. The molecule has 0 saturated carbocycles. The van der Waals surface area contributed by atoms with E-state index in [0.717, 1.165) is 31.5 Å².